The first kappa shape index (κ1) is 16.1. The normalized spacial score (nSPS) is 11.0. The number of hydrogen-bond acceptors (Lipinski definition) is 5. The third-order valence-electron chi connectivity index (χ3n) is 4.21. The standard InChI is InChI=1S/C19H20N6O/c1-13-16(10-25(3)23-13)22-15-9-20-19(18-17(15)21-12-24(18)2)26-11-14-7-5-4-6-8-14/h4-10,12,22H,11H2,1-3H3. The Morgan fingerprint density at radius 1 is 1.08 bits per heavy atom. The van der Waals surface area contributed by atoms with E-state index in [9.17, 15) is 0 Å². The SMILES string of the molecule is Cc1nn(C)cc1Nc1cnc(OCc2ccccc2)c2c1ncn2C. The van der Waals surface area contributed by atoms with E-state index in [0.29, 0.717) is 12.5 Å². The van der Waals surface area contributed by atoms with Gasteiger partial charge in [-0.15, -0.1) is 0 Å². The van der Waals surface area contributed by atoms with E-state index in [1.807, 2.05) is 62.1 Å². The highest BCUT2D eigenvalue weighted by atomic mass is 16.5. The van der Waals surface area contributed by atoms with Crippen molar-refractivity contribution in [3.63, 3.8) is 0 Å². The predicted molar refractivity (Wildman–Crippen MR) is 101 cm³/mol. The summed E-state index contributed by atoms with van der Waals surface area (Å²) >= 11 is 0. The number of anilines is 2. The van der Waals surface area contributed by atoms with Crippen LogP contribution in [0.4, 0.5) is 11.4 Å². The monoisotopic (exact) mass is 348 g/mol. The summed E-state index contributed by atoms with van der Waals surface area (Å²) in [5, 5.41) is 7.73. The Morgan fingerprint density at radius 3 is 2.62 bits per heavy atom. The van der Waals surface area contributed by atoms with Gasteiger partial charge < -0.3 is 14.6 Å². The first-order valence-electron chi connectivity index (χ1n) is 8.36. The molecule has 0 aliphatic rings. The lowest BCUT2D eigenvalue weighted by atomic mass is 10.2. The van der Waals surface area contributed by atoms with E-state index in [1.165, 1.54) is 0 Å². The van der Waals surface area contributed by atoms with Crippen molar-refractivity contribution in [2.45, 2.75) is 13.5 Å². The molecule has 0 atom stereocenters. The zero-order valence-corrected chi connectivity index (χ0v) is 15.0. The maximum absolute atomic E-state index is 5.96. The lowest BCUT2D eigenvalue weighted by Gasteiger charge is -2.10. The average Bonchev–Trinajstić information content (AvgIpc) is 3.18. The highest BCUT2D eigenvalue weighted by Crippen LogP contribution is 2.31. The maximum Gasteiger partial charge on any atom is 0.240 e. The van der Waals surface area contributed by atoms with E-state index in [0.717, 1.165) is 33.7 Å². The van der Waals surface area contributed by atoms with E-state index in [-0.39, 0.29) is 0 Å². The summed E-state index contributed by atoms with van der Waals surface area (Å²) in [4.78, 5) is 9.03. The molecule has 7 nitrogen and oxygen atoms in total. The second-order valence-electron chi connectivity index (χ2n) is 6.23. The van der Waals surface area contributed by atoms with Crippen LogP contribution in [0.5, 0.6) is 5.88 Å². The molecule has 3 aromatic heterocycles. The Hall–Kier alpha value is -3.35. The van der Waals surface area contributed by atoms with Crippen molar-refractivity contribution in [3.05, 3.63) is 60.3 Å². The van der Waals surface area contributed by atoms with Crippen LogP contribution in [0.1, 0.15) is 11.3 Å². The maximum atomic E-state index is 5.96. The Kier molecular flexibility index (Phi) is 4.04. The number of nitrogens with one attached hydrogen (secondary N) is 1. The molecule has 0 radical (unpaired) electrons. The van der Waals surface area contributed by atoms with E-state index in [4.69, 9.17) is 4.74 Å². The van der Waals surface area contributed by atoms with Gasteiger partial charge in [0.25, 0.3) is 0 Å². The van der Waals surface area contributed by atoms with Gasteiger partial charge in [0.1, 0.15) is 17.6 Å². The van der Waals surface area contributed by atoms with Gasteiger partial charge in [-0.25, -0.2) is 9.97 Å². The molecule has 0 unspecified atom stereocenters. The van der Waals surface area contributed by atoms with Crippen LogP contribution in [0, 0.1) is 6.92 Å². The van der Waals surface area contributed by atoms with E-state index in [2.05, 4.69) is 20.4 Å². The average molecular weight is 348 g/mol. The molecule has 0 fully saturated rings. The molecule has 132 valence electrons. The molecule has 4 aromatic rings. The molecule has 0 saturated carbocycles. The smallest absolute Gasteiger partial charge is 0.240 e. The molecule has 0 saturated heterocycles. The second-order valence-corrected chi connectivity index (χ2v) is 6.23. The van der Waals surface area contributed by atoms with Gasteiger partial charge in [0.15, 0.2) is 0 Å². The lowest BCUT2D eigenvalue weighted by molar-refractivity contribution is 0.297. The number of rotatable bonds is 5. The highest BCUT2D eigenvalue weighted by Gasteiger charge is 2.15. The summed E-state index contributed by atoms with van der Waals surface area (Å²) < 4.78 is 9.66. The van der Waals surface area contributed by atoms with E-state index >= 15 is 0 Å². The van der Waals surface area contributed by atoms with Crippen LogP contribution in [-0.4, -0.2) is 24.3 Å². The number of aromatic nitrogens is 5. The van der Waals surface area contributed by atoms with Gasteiger partial charge in [-0.05, 0) is 12.5 Å². The van der Waals surface area contributed by atoms with Gasteiger partial charge in [-0.1, -0.05) is 30.3 Å². The topological polar surface area (TPSA) is 69.8 Å². The number of imidazole rings is 1. The third-order valence-corrected chi connectivity index (χ3v) is 4.21. The van der Waals surface area contributed by atoms with Crippen molar-refractivity contribution in [1.82, 2.24) is 24.3 Å². The minimum atomic E-state index is 0.461. The molecule has 1 N–H and O–H groups in total. The van der Waals surface area contributed by atoms with Gasteiger partial charge in [-0.3, -0.25) is 4.68 Å². The molecule has 0 aliphatic heterocycles. The summed E-state index contributed by atoms with van der Waals surface area (Å²) in [5.41, 5.74) is 5.43. The molecule has 4 rings (SSSR count). The quantitative estimate of drug-likeness (QED) is 0.599. The summed E-state index contributed by atoms with van der Waals surface area (Å²) in [7, 11) is 3.83. The summed E-state index contributed by atoms with van der Waals surface area (Å²) in [6.07, 6.45) is 5.45. The molecule has 0 spiro atoms. The fourth-order valence-corrected chi connectivity index (χ4v) is 2.92. The molecule has 3 heterocycles. The Balaban J connectivity index is 1.66. The van der Waals surface area contributed by atoms with Crippen LogP contribution in [0.15, 0.2) is 49.1 Å². The summed E-state index contributed by atoms with van der Waals surface area (Å²) in [6.45, 7) is 2.42. The van der Waals surface area contributed by atoms with Gasteiger partial charge in [0, 0.05) is 20.3 Å². The Morgan fingerprint density at radius 2 is 1.88 bits per heavy atom. The molecule has 0 aliphatic carbocycles. The zero-order chi connectivity index (χ0) is 18.1. The third kappa shape index (κ3) is 2.99. The minimum Gasteiger partial charge on any atom is -0.471 e. The first-order valence-corrected chi connectivity index (χ1v) is 8.36. The minimum absolute atomic E-state index is 0.461. The molecular weight excluding hydrogens is 328 g/mol. The van der Waals surface area contributed by atoms with Crippen LogP contribution >= 0.6 is 0 Å². The zero-order valence-electron chi connectivity index (χ0n) is 15.0. The van der Waals surface area contributed by atoms with Crippen LogP contribution < -0.4 is 10.1 Å². The van der Waals surface area contributed by atoms with Crippen LogP contribution in [0.2, 0.25) is 0 Å². The van der Waals surface area contributed by atoms with Gasteiger partial charge in [0.2, 0.25) is 5.88 Å². The van der Waals surface area contributed by atoms with Gasteiger partial charge in [0.05, 0.1) is 29.6 Å². The summed E-state index contributed by atoms with van der Waals surface area (Å²) in [5.74, 6) is 0.567. The first-order chi connectivity index (χ1) is 12.6. The number of fused-ring (bicyclic) bond motifs is 1. The highest BCUT2D eigenvalue weighted by molar-refractivity contribution is 5.92. The Bertz CT molecular complexity index is 1050. The fraction of sp³-hybridized carbons (Fsp3) is 0.211. The molecule has 7 heteroatoms. The number of aryl methyl sites for hydroxylation is 3. The van der Waals surface area contributed by atoms with Crippen molar-refractivity contribution in [2.24, 2.45) is 14.1 Å². The number of benzene rings is 1. The number of nitrogens with zero attached hydrogens (tertiary/aromatic N) is 5. The van der Waals surface area contributed by atoms with Crippen molar-refractivity contribution >= 4 is 22.4 Å². The van der Waals surface area contributed by atoms with Crippen molar-refractivity contribution in [1.29, 1.82) is 0 Å². The van der Waals surface area contributed by atoms with Crippen molar-refractivity contribution in [3.8, 4) is 5.88 Å². The lowest BCUT2D eigenvalue weighted by Crippen LogP contribution is -2.01. The largest absolute Gasteiger partial charge is 0.471 e. The molecule has 1 aromatic carbocycles. The van der Waals surface area contributed by atoms with Crippen molar-refractivity contribution in [2.75, 3.05) is 5.32 Å². The Labute approximate surface area is 151 Å². The van der Waals surface area contributed by atoms with E-state index < -0.39 is 0 Å². The fourth-order valence-electron chi connectivity index (χ4n) is 2.92. The molecule has 0 amide bonds. The number of pyridine rings is 1. The van der Waals surface area contributed by atoms with Crippen molar-refractivity contribution < 1.29 is 4.74 Å². The number of hydrogen-bond donors (Lipinski definition) is 1. The van der Waals surface area contributed by atoms with Crippen LogP contribution in [-0.2, 0) is 20.7 Å². The van der Waals surface area contributed by atoms with Crippen LogP contribution in [0.25, 0.3) is 11.0 Å². The van der Waals surface area contributed by atoms with E-state index in [1.54, 1.807) is 17.2 Å². The number of ether oxygens (including phenoxy) is 1. The molecule has 26 heavy (non-hydrogen) atoms. The van der Waals surface area contributed by atoms with Gasteiger partial charge >= 0.3 is 0 Å². The molecular formula is C19H20N6O. The second kappa shape index (κ2) is 6.51. The molecule has 0 bridgehead atoms. The summed E-state index contributed by atoms with van der Waals surface area (Å²) in [6, 6.07) is 10.0. The van der Waals surface area contributed by atoms with Gasteiger partial charge in [-0.2, -0.15) is 5.10 Å². The predicted octanol–water partition coefficient (Wildman–Crippen LogP) is 3.33. The van der Waals surface area contributed by atoms with Crippen LogP contribution in [0.3, 0.4) is 0 Å².